The van der Waals surface area contributed by atoms with E-state index in [1.807, 2.05) is 18.3 Å². The minimum Gasteiger partial charge on any atom is -0.355 e. The smallest absolute Gasteiger partial charge is 0.147 e. The van der Waals surface area contributed by atoms with Gasteiger partial charge in [0.2, 0.25) is 0 Å². The molecule has 0 radical (unpaired) electrons. The zero-order valence-electron chi connectivity index (χ0n) is 12.1. The third-order valence-corrected chi connectivity index (χ3v) is 3.87. The van der Waals surface area contributed by atoms with Gasteiger partial charge in [-0.3, -0.25) is 0 Å². The summed E-state index contributed by atoms with van der Waals surface area (Å²) in [4.78, 5) is 6.69. The first-order valence-corrected chi connectivity index (χ1v) is 7.44. The van der Waals surface area contributed by atoms with Crippen molar-refractivity contribution in [1.82, 2.24) is 10.3 Å². The van der Waals surface area contributed by atoms with Crippen molar-refractivity contribution in [3.8, 4) is 0 Å². The Balaban J connectivity index is 1.84. The Morgan fingerprint density at radius 1 is 1.37 bits per heavy atom. The molecule has 2 heterocycles. The van der Waals surface area contributed by atoms with Gasteiger partial charge in [-0.05, 0) is 58.2 Å². The highest BCUT2D eigenvalue weighted by Gasteiger charge is 2.22. The molecule has 0 aromatic carbocycles. The summed E-state index contributed by atoms with van der Waals surface area (Å²) in [5.74, 6) is 1.70. The molecule has 3 nitrogen and oxygen atoms in total. The molecule has 1 saturated heterocycles. The quantitative estimate of drug-likeness (QED) is 0.921. The Labute approximate surface area is 121 Å². The van der Waals surface area contributed by atoms with Crippen molar-refractivity contribution in [3.05, 3.63) is 23.4 Å². The number of pyridine rings is 1. The van der Waals surface area contributed by atoms with Crippen LogP contribution in [-0.4, -0.2) is 30.2 Å². The fraction of sp³-hybridized carbons (Fsp3) is 0.667. The second kappa shape index (κ2) is 6.10. The zero-order valence-corrected chi connectivity index (χ0v) is 12.9. The normalized spacial score (nSPS) is 17.8. The van der Waals surface area contributed by atoms with E-state index in [-0.39, 0.29) is 5.54 Å². The molecule has 0 saturated carbocycles. The van der Waals surface area contributed by atoms with E-state index in [9.17, 15) is 0 Å². The highest BCUT2D eigenvalue weighted by Crippen LogP contribution is 2.27. The topological polar surface area (TPSA) is 28.2 Å². The van der Waals surface area contributed by atoms with Crippen LogP contribution in [0.3, 0.4) is 0 Å². The van der Waals surface area contributed by atoms with E-state index >= 15 is 0 Å². The number of hydrogen-bond acceptors (Lipinski definition) is 3. The summed E-state index contributed by atoms with van der Waals surface area (Å²) in [5.41, 5.74) is 0.210. The number of hydrogen-bond donors (Lipinski definition) is 1. The van der Waals surface area contributed by atoms with Gasteiger partial charge >= 0.3 is 0 Å². The van der Waals surface area contributed by atoms with Crippen LogP contribution < -0.4 is 10.2 Å². The summed E-state index contributed by atoms with van der Waals surface area (Å²) in [6, 6.07) is 3.79. The van der Waals surface area contributed by atoms with E-state index in [1.54, 1.807) is 0 Å². The van der Waals surface area contributed by atoms with Crippen LogP contribution in [0.4, 0.5) is 5.82 Å². The highest BCUT2D eigenvalue weighted by atomic mass is 35.5. The van der Waals surface area contributed by atoms with Gasteiger partial charge in [-0.2, -0.15) is 0 Å². The van der Waals surface area contributed by atoms with E-state index in [0.29, 0.717) is 0 Å². The maximum absolute atomic E-state index is 6.20. The molecule has 1 aliphatic rings. The van der Waals surface area contributed by atoms with Crippen LogP contribution in [0.2, 0.25) is 5.02 Å². The molecular weight excluding hydrogens is 258 g/mol. The molecule has 0 amide bonds. The molecule has 0 spiro atoms. The van der Waals surface area contributed by atoms with Gasteiger partial charge in [0, 0.05) is 24.8 Å². The van der Waals surface area contributed by atoms with Gasteiger partial charge in [-0.25, -0.2) is 4.98 Å². The molecule has 19 heavy (non-hydrogen) atoms. The Hall–Kier alpha value is -0.800. The van der Waals surface area contributed by atoms with Crippen molar-refractivity contribution in [2.45, 2.75) is 39.2 Å². The number of nitrogens with one attached hydrogen (secondary N) is 1. The van der Waals surface area contributed by atoms with Crippen molar-refractivity contribution >= 4 is 17.4 Å². The fourth-order valence-electron chi connectivity index (χ4n) is 2.41. The number of nitrogens with zero attached hydrogens (tertiary/aromatic N) is 2. The molecule has 4 heteroatoms. The Kier molecular flexibility index (Phi) is 4.69. The highest BCUT2D eigenvalue weighted by molar-refractivity contribution is 6.32. The minimum absolute atomic E-state index is 0.210. The van der Waals surface area contributed by atoms with Gasteiger partial charge in [-0.15, -0.1) is 0 Å². The Bertz CT molecular complexity index is 406. The molecule has 1 N–H and O–H groups in total. The SMILES string of the molecule is CC(C)(C)NCC1CCN(c2ncccc2Cl)CC1. The lowest BCUT2D eigenvalue weighted by Crippen LogP contribution is -2.43. The standard InChI is InChI=1S/C15H24ClN3/c1-15(2,3)18-11-12-6-9-19(10-7-12)14-13(16)5-4-8-17-14/h4-5,8,12,18H,6-7,9-11H2,1-3H3. The van der Waals surface area contributed by atoms with Crippen LogP contribution in [0.5, 0.6) is 0 Å². The largest absolute Gasteiger partial charge is 0.355 e. The van der Waals surface area contributed by atoms with E-state index in [0.717, 1.165) is 36.4 Å². The number of rotatable bonds is 3. The summed E-state index contributed by atoms with van der Waals surface area (Å²) in [6.07, 6.45) is 4.22. The minimum atomic E-state index is 0.210. The number of anilines is 1. The molecule has 0 bridgehead atoms. The van der Waals surface area contributed by atoms with Gasteiger partial charge < -0.3 is 10.2 Å². The molecule has 0 unspecified atom stereocenters. The second-order valence-electron chi connectivity index (χ2n) is 6.37. The monoisotopic (exact) mass is 281 g/mol. The molecule has 0 aliphatic carbocycles. The van der Waals surface area contributed by atoms with Gasteiger partial charge in [0.1, 0.15) is 5.82 Å². The van der Waals surface area contributed by atoms with E-state index < -0.39 is 0 Å². The predicted octanol–water partition coefficient (Wildman–Crippen LogP) is 3.34. The summed E-state index contributed by atoms with van der Waals surface area (Å²) in [5, 5.41) is 4.36. The number of halogens is 1. The van der Waals surface area contributed by atoms with Crippen LogP contribution >= 0.6 is 11.6 Å². The van der Waals surface area contributed by atoms with Crippen molar-refractivity contribution in [2.24, 2.45) is 5.92 Å². The van der Waals surface area contributed by atoms with Gasteiger partial charge in [0.05, 0.1) is 5.02 Å². The van der Waals surface area contributed by atoms with Crippen molar-refractivity contribution < 1.29 is 0 Å². The molecule has 2 rings (SSSR count). The number of aromatic nitrogens is 1. The average molecular weight is 282 g/mol. The van der Waals surface area contributed by atoms with E-state index in [1.165, 1.54) is 12.8 Å². The third-order valence-electron chi connectivity index (χ3n) is 3.57. The summed E-state index contributed by atoms with van der Waals surface area (Å²) in [6.45, 7) is 9.86. The lowest BCUT2D eigenvalue weighted by molar-refractivity contribution is 0.328. The predicted molar refractivity (Wildman–Crippen MR) is 81.9 cm³/mol. The van der Waals surface area contributed by atoms with Gasteiger partial charge in [0.25, 0.3) is 0 Å². The average Bonchev–Trinajstić information content (AvgIpc) is 2.37. The molecule has 1 aromatic heterocycles. The van der Waals surface area contributed by atoms with Gasteiger partial charge in [0.15, 0.2) is 0 Å². The zero-order chi connectivity index (χ0) is 13.9. The van der Waals surface area contributed by atoms with E-state index in [2.05, 4.69) is 36.0 Å². The number of piperidine rings is 1. The maximum atomic E-state index is 6.20. The molecule has 1 aliphatic heterocycles. The van der Waals surface area contributed by atoms with E-state index in [4.69, 9.17) is 11.6 Å². The fourth-order valence-corrected chi connectivity index (χ4v) is 2.65. The van der Waals surface area contributed by atoms with Crippen LogP contribution in [-0.2, 0) is 0 Å². The van der Waals surface area contributed by atoms with Crippen molar-refractivity contribution in [2.75, 3.05) is 24.5 Å². The lowest BCUT2D eigenvalue weighted by atomic mass is 9.95. The van der Waals surface area contributed by atoms with Crippen LogP contribution in [0, 0.1) is 5.92 Å². The third kappa shape index (κ3) is 4.36. The molecular formula is C15H24ClN3. The summed E-state index contributed by atoms with van der Waals surface area (Å²) >= 11 is 6.20. The maximum Gasteiger partial charge on any atom is 0.147 e. The first-order chi connectivity index (χ1) is 8.96. The second-order valence-corrected chi connectivity index (χ2v) is 6.78. The molecule has 0 atom stereocenters. The molecule has 1 aromatic rings. The summed E-state index contributed by atoms with van der Waals surface area (Å²) in [7, 11) is 0. The lowest BCUT2D eigenvalue weighted by Gasteiger charge is -2.34. The molecule has 106 valence electrons. The molecule has 1 fully saturated rings. The van der Waals surface area contributed by atoms with Crippen molar-refractivity contribution in [3.63, 3.8) is 0 Å². The van der Waals surface area contributed by atoms with Crippen LogP contribution in [0.1, 0.15) is 33.6 Å². The first-order valence-electron chi connectivity index (χ1n) is 7.06. The van der Waals surface area contributed by atoms with Crippen molar-refractivity contribution in [1.29, 1.82) is 0 Å². The Morgan fingerprint density at radius 2 is 2.05 bits per heavy atom. The van der Waals surface area contributed by atoms with Gasteiger partial charge in [-0.1, -0.05) is 11.6 Å². The van der Waals surface area contributed by atoms with Crippen LogP contribution in [0.25, 0.3) is 0 Å². The first kappa shape index (κ1) is 14.6. The Morgan fingerprint density at radius 3 is 2.63 bits per heavy atom. The summed E-state index contributed by atoms with van der Waals surface area (Å²) < 4.78 is 0. The van der Waals surface area contributed by atoms with Crippen LogP contribution in [0.15, 0.2) is 18.3 Å².